The molecule has 26 heavy (non-hydrogen) atoms. The molecule has 0 saturated carbocycles. The first-order valence-corrected chi connectivity index (χ1v) is 8.13. The van der Waals surface area contributed by atoms with E-state index < -0.39 is 42.8 Å². The van der Waals surface area contributed by atoms with Gasteiger partial charge in [-0.2, -0.15) is 13.8 Å². The summed E-state index contributed by atoms with van der Waals surface area (Å²) in [6, 6.07) is 1.14. The largest absolute Gasteiger partial charge is 0.508 e. The van der Waals surface area contributed by atoms with Crippen LogP contribution in [0.25, 0.3) is 0 Å². The Hall–Kier alpha value is -2.27. The standard InChI is InChI=1S/C15H21F2N3O6/c1-2-3-4-7-24-14(23)25-8-9-11(21)15(16,17)12(26-9)20-6-5-10(18)19-13(20)22/h5-6,9,11-12,21H,2-4,7-8H2,1H3,(H2,18,19,22)/t9-,11+,12+/m0/s1. The highest BCUT2D eigenvalue weighted by Gasteiger charge is 2.60. The van der Waals surface area contributed by atoms with Gasteiger partial charge < -0.3 is 25.1 Å². The van der Waals surface area contributed by atoms with Crippen molar-refractivity contribution >= 4 is 12.0 Å². The lowest BCUT2D eigenvalue weighted by molar-refractivity contribution is -0.141. The Balaban J connectivity index is 1.97. The summed E-state index contributed by atoms with van der Waals surface area (Å²) in [5, 5.41) is 9.79. The van der Waals surface area contributed by atoms with Crippen LogP contribution < -0.4 is 11.4 Å². The number of carbonyl (C=O) groups is 1. The van der Waals surface area contributed by atoms with Gasteiger partial charge in [0.2, 0.25) is 6.23 Å². The van der Waals surface area contributed by atoms with E-state index in [-0.39, 0.29) is 12.4 Å². The molecule has 0 amide bonds. The number of rotatable bonds is 7. The lowest BCUT2D eigenvalue weighted by Crippen LogP contribution is -2.42. The van der Waals surface area contributed by atoms with Crippen molar-refractivity contribution in [3.63, 3.8) is 0 Å². The van der Waals surface area contributed by atoms with Gasteiger partial charge in [0.1, 0.15) is 18.5 Å². The van der Waals surface area contributed by atoms with Gasteiger partial charge in [-0.1, -0.05) is 19.8 Å². The fraction of sp³-hybridized carbons (Fsp3) is 0.667. The molecule has 0 spiro atoms. The molecule has 3 N–H and O–H groups in total. The van der Waals surface area contributed by atoms with Gasteiger partial charge in [0.25, 0.3) is 0 Å². The molecule has 0 aliphatic carbocycles. The minimum Gasteiger partial charge on any atom is -0.434 e. The summed E-state index contributed by atoms with van der Waals surface area (Å²) < 4.78 is 43.6. The van der Waals surface area contributed by atoms with Crippen molar-refractivity contribution in [1.29, 1.82) is 0 Å². The van der Waals surface area contributed by atoms with E-state index in [0.717, 1.165) is 25.1 Å². The van der Waals surface area contributed by atoms with Crippen LogP contribution in [0.5, 0.6) is 0 Å². The fourth-order valence-corrected chi connectivity index (χ4v) is 2.41. The zero-order valence-corrected chi connectivity index (χ0v) is 14.1. The predicted octanol–water partition coefficient (Wildman–Crippen LogP) is 1.06. The minimum absolute atomic E-state index is 0.140. The van der Waals surface area contributed by atoms with Gasteiger partial charge in [-0.25, -0.2) is 9.59 Å². The van der Waals surface area contributed by atoms with E-state index in [1.54, 1.807) is 0 Å². The highest BCUT2D eigenvalue weighted by Crippen LogP contribution is 2.42. The number of alkyl halides is 2. The molecule has 3 atom stereocenters. The SMILES string of the molecule is CCCCCOC(=O)OC[C@@H]1O[C@@H](n2ccc(N)nc2=O)C(F)(F)[C@@H]1O. The molecule has 9 nitrogen and oxygen atoms in total. The van der Waals surface area contributed by atoms with Crippen LogP contribution in [-0.4, -0.2) is 52.2 Å². The highest BCUT2D eigenvalue weighted by molar-refractivity contribution is 5.59. The van der Waals surface area contributed by atoms with E-state index in [1.165, 1.54) is 0 Å². The molecule has 1 aromatic heterocycles. The van der Waals surface area contributed by atoms with Crippen LogP contribution in [0, 0.1) is 0 Å². The molecule has 2 rings (SSSR count). The van der Waals surface area contributed by atoms with Crippen molar-refractivity contribution in [1.82, 2.24) is 9.55 Å². The Kier molecular flexibility index (Phi) is 6.48. The van der Waals surface area contributed by atoms with Crippen LogP contribution in [-0.2, 0) is 14.2 Å². The maximum atomic E-state index is 14.3. The Bertz CT molecular complexity index is 684. The van der Waals surface area contributed by atoms with Crippen LogP contribution in [0.2, 0.25) is 0 Å². The summed E-state index contributed by atoms with van der Waals surface area (Å²) in [5.74, 6) is -3.94. The molecule has 0 bridgehead atoms. The van der Waals surface area contributed by atoms with Crippen molar-refractivity contribution in [3.8, 4) is 0 Å². The third kappa shape index (κ3) is 4.47. The molecule has 1 saturated heterocycles. The molecular weight excluding hydrogens is 356 g/mol. The smallest absolute Gasteiger partial charge is 0.434 e. The van der Waals surface area contributed by atoms with Gasteiger partial charge >= 0.3 is 17.8 Å². The monoisotopic (exact) mass is 377 g/mol. The molecule has 0 unspecified atom stereocenters. The summed E-state index contributed by atoms with van der Waals surface area (Å²) >= 11 is 0. The number of nitrogens with zero attached hydrogens (tertiary/aromatic N) is 2. The van der Waals surface area contributed by atoms with Gasteiger partial charge in [0, 0.05) is 6.20 Å². The van der Waals surface area contributed by atoms with Gasteiger partial charge in [-0.3, -0.25) is 4.57 Å². The van der Waals surface area contributed by atoms with Crippen LogP contribution in [0.15, 0.2) is 17.1 Å². The van der Waals surface area contributed by atoms with Crippen molar-refractivity contribution < 1.29 is 32.9 Å². The maximum absolute atomic E-state index is 14.3. The number of carbonyl (C=O) groups excluding carboxylic acids is 1. The van der Waals surface area contributed by atoms with Crippen LogP contribution in [0.4, 0.5) is 19.4 Å². The van der Waals surface area contributed by atoms with E-state index in [2.05, 4.69) is 4.98 Å². The normalized spacial score (nSPS) is 24.4. The van der Waals surface area contributed by atoms with E-state index in [9.17, 15) is 23.5 Å². The van der Waals surface area contributed by atoms with Crippen LogP contribution in [0.3, 0.4) is 0 Å². The molecule has 1 fully saturated rings. The Morgan fingerprint density at radius 1 is 1.46 bits per heavy atom. The van der Waals surface area contributed by atoms with Gasteiger partial charge in [-0.05, 0) is 12.5 Å². The number of aliphatic hydroxyl groups excluding tert-OH is 1. The lowest BCUT2D eigenvalue weighted by Gasteiger charge is -2.20. The third-order valence-corrected chi connectivity index (χ3v) is 3.82. The number of hydrogen-bond acceptors (Lipinski definition) is 8. The highest BCUT2D eigenvalue weighted by atomic mass is 19.3. The summed E-state index contributed by atoms with van der Waals surface area (Å²) in [5.41, 5.74) is 4.26. The van der Waals surface area contributed by atoms with E-state index in [4.69, 9.17) is 19.9 Å². The zero-order chi connectivity index (χ0) is 19.3. The lowest BCUT2D eigenvalue weighted by atomic mass is 10.1. The number of ether oxygens (including phenoxy) is 3. The van der Waals surface area contributed by atoms with Crippen molar-refractivity contribution in [3.05, 3.63) is 22.7 Å². The topological polar surface area (TPSA) is 126 Å². The zero-order valence-electron chi connectivity index (χ0n) is 14.1. The average molecular weight is 377 g/mol. The molecule has 146 valence electrons. The molecule has 1 aliphatic rings. The number of aliphatic hydroxyl groups is 1. The first-order chi connectivity index (χ1) is 12.3. The number of unbranched alkanes of at least 4 members (excludes halogenated alkanes) is 2. The average Bonchev–Trinajstić information content (AvgIpc) is 2.80. The summed E-state index contributed by atoms with van der Waals surface area (Å²) in [4.78, 5) is 26.5. The molecule has 0 aromatic carbocycles. The van der Waals surface area contributed by atoms with Crippen LogP contribution in [0.1, 0.15) is 32.4 Å². The maximum Gasteiger partial charge on any atom is 0.508 e. The van der Waals surface area contributed by atoms with E-state index in [0.29, 0.717) is 11.0 Å². The minimum atomic E-state index is -3.80. The first kappa shape index (κ1) is 20.0. The number of anilines is 1. The fourth-order valence-electron chi connectivity index (χ4n) is 2.41. The summed E-state index contributed by atoms with van der Waals surface area (Å²) in [6.45, 7) is 1.47. The van der Waals surface area contributed by atoms with Gasteiger partial charge in [-0.15, -0.1) is 0 Å². The number of nitrogen functional groups attached to an aromatic ring is 1. The Labute approximate surface area is 147 Å². The molecule has 11 heteroatoms. The van der Waals surface area contributed by atoms with Crippen molar-refractivity contribution in [2.75, 3.05) is 18.9 Å². The van der Waals surface area contributed by atoms with E-state index in [1.807, 2.05) is 6.92 Å². The van der Waals surface area contributed by atoms with Gasteiger partial charge in [0.05, 0.1) is 6.61 Å². The first-order valence-electron chi connectivity index (χ1n) is 8.13. The summed E-state index contributed by atoms with van der Waals surface area (Å²) in [7, 11) is 0. The predicted molar refractivity (Wildman–Crippen MR) is 84.6 cm³/mol. The number of halogens is 2. The molecule has 0 radical (unpaired) electrons. The number of aromatic nitrogens is 2. The molecule has 2 heterocycles. The quantitative estimate of drug-likeness (QED) is 0.534. The molecule has 1 aromatic rings. The number of hydrogen-bond donors (Lipinski definition) is 2. The van der Waals surface area contributed by atoms with Crippen molar-refractivity contribution in [2.24, 2.45) is 0 Å². The van der Waals surface area contributed by atoms with Crippen molar-refractivity contribution in [2.45, 2.75) is 50.5 Å². The third-order valence-electron chi connectivity index (χ3n) is 3.82. The Morgan fingerprint density at radius 2 is 2.19 bits per heavy atom. The number of nitrogens with two attached hydrogens (primary N) is 1. The van der Waals surface area contributed by atoms with E-state index >= 15 is 0 Å². The van der Waals surface area contributed by atoms with Crippen LogP contribution >= 0.6 is 0 Å². The van der Waals surface area contributed by atoms with Gasteiger partial charge in [0.15, 0.2) is 6.10 Å². The molecule has 1 aliphatic heterocycles. The second-order valence-corrected chi connectivity index (χ2v) is 5.81. The summed E-state index contributed by atoms with van der Waals surface area (Å²) in [6.07, 6.45) is -3.52. The second-order valence-electron chi connectivity index (χ2n) is 5.81. The second kappa shape index (κ2) is 8.41. The molecular formula is C15H21F2N3O6. The Morgan fingerprint density at radius 3 is 2.85 bits per heavy atom.